The Morgan fingerprint density at radius 1 is 1.26 bits per heavy atom. The Morgan fingerprint density at radius 2 is 1.95 bits per heavy atom. The first-order chi connectivity index (χ1) is 9.02. The molecule has 2 heteroatoms. The molecule has 0 saturated heterocycles. The largest absolute Gasteiger partial charge is 0.493 e. The average molecular weight is 259 g/mol. The van der Waals surface area contributed by atoms with Gasteiger partial charge in [-0.3, -0.25) is 0 Å². The third-order valence-electron chi connectivity index (χ3n) is 3.75. The minimum Gasteiger partial charge on any atom is -0.493 e. The summed E-state index contributed by atoms with van der Waals surface area (Å²) in [5, 5.41) is 8.73. The van der Waals surface area contributed by atoms with Gasteiger partial charge in [0, 0.05) is 6.42 Å². The Bertz CT molecular complexity index is 471. The van der Waals surface area contributed by atoms with Crippen LogP contribution in [0.3, 0.4) is 0 Å². The quantitative estimate of drug-likeness (QED) is 0.734. The van der Waals surface area contributed by atoms with Crippen LogP contribution < -0.4 is 4.74 Å². The maximum Gasteiger partial charge on any atom is 0.122 e. The fourth-order valence-corrected chi connectivity index (χ4v) is 2.61. The van der Waals surface area contributed by atoms with E-state index in [1.165, 1.54) is 22.3 Å². The van der Waals surface area contributed by atoms with E-state index < -0.39 is 0 Å². The molecule has 0 spiro atoms. The second-order valence-corrected chi connectivity index (χ2v) is 5.30. The molecule has 0 radical (unpaired) electrons. The van der Waals surface area contributed by atoms with E-state index in [4.69, 9.17) is 10.00 Å². The first-order valence-corrected chi connectivity index (χ1v) is 7.13. The molecule has 0 saturated carbocycles. The van der Waals surface area contributed by atoms with Gasteiger partial charge in [0.1, 0.15) is 5.75 Å². The summed E-state index contributed by atoms with van der Waals surface area (Å²) in [5.41, 5.74) is 5.21. The van der Waals surface area contributed by atoms with E-state index in [1.54, 1.807) is 0 Å². The lowest BCUT2D eigenvalue weighted by Crippen LogP contribution is -2.05. The van der Waals surface area contributed by atoms with Crippen molar-refractivity contribution in [3.05, 3.63) is 28.3 Å². The Labute approximate surface area is 117 Å². The van der Waals surface area contributed by atoms with Crippen LogP contribution in [0.1, 0.15) is 61.3 Å². The van der Waals surface area contributed by atoms with Gasteiger partial charge in [0.2, 0.25) is 0 Å². The molecule has 1 aromatic carbocycles. The molecule has 0 aromatic heterocycles. The maximum absolute atomic E-state index is 8.73. The van der Waals surface area contributed by atoms with E-state index in [9.17, 15) is 0 Å². The van der Waals surface area contributed by atoms with Crippen molar-refractivity contribution in [2.24, 2.45) is 0 Å². The predicted molar refractivity (Wildman–Crippen MR) is 79.7 cm³/mol. The Kier molecular flexibility index (Phi) is 5.89. The van der Waals surface area contributed by atoms with E-state index in [-0.39, 0.29) is 0 Å². The molecule has 104 valence electrons. The number of rotatable bonds is 6. The van der Waals surface area contributed by atoms with E-state index in [1.807, 2.05) is 0 Å². The molecule has 1 rings (SSSR count). The summed E-state index contributed by atoms with van der Waals surface area (Å²) in [6.07, 6.45) is 2.57. The minimum absolute atomic E-state index is 0.429. The van der Waals surface area contributed by atoms with Crippen molar-refractivity contribution < 1.29 is 4.74 Å². The van der Waals surface area contributed by atoms with Gasteiger partial charge in [-0.05, 0) is 67.9 Å². The molecule has 0 bridgehead atoms. The number of aryl methyl sites for hydroxylation is 1. The highest BCUT2D eigenvalue weighted by molar-refractivity contribution is 5.49. The lowest BCUT2D eigenvalue weighted by atomic mass is 9.86. The van der Waals surface area contributed by atoms with Crippen LogP contribution in [-0.2, 0) is 0 Å². The molecule has 0 aliphatic rings. The lowest BCUT2D eigenvalue weighted by Gasteiger charge is -2.21. The van der Waals surface area contributed by atoms with Gasteiger partial charge in [-0.1, -0.05) is 13.8 Å². The molecule has 0 fully saturated rings. The van der Waals surface area contributed by atoms with Gasteiger partial charge in [0.05, 0.1) is 12.7 Å². The fraction of sp³-hybridized carbons (Fsp3) is 0.588. The van der Waals surface area contributed by atoms with Crippen molar-refractivity contribution in [1.29, 1.82) is 5.26 Å². The highest BCUT2D eigenvalue weighted by atomic mass is 16.5. The number of benzene rings is 1. The van der Waals surface area contributed by atoms with Crippen LogP contribution in [0.15, 0.2) is 6.07 Å². The second kappa shape index (κ2) is 7.19. The Balaban J connectivity index is 3.08. The fourth-order valence-electron chi connectivity index (χ4n) is 2.61. The van der Waals surface area contributed by atoms with Crippen LogP contribution in [0, 0.1) is 32.1 Å². The zero-order valence-corrected chi connectivity index (χ0v) is 12.8. The van der Waals surface area contributed by atoms with Gasteiger partial charge < -0.3 is 4.74 Å². The summed E-state index contributed by atoms with van der Waals surface area (Å²) >= 11 is 0. The van der Waals surface area contributed by atoms with Crippen molar-refractivity contribution >= 4 is 0 Å². The topological polar surface area (TPSA) is 33.0 Å². The molecule has 1 aromatic rings. The minimum atomic E-state index is 0.429. The molecule has 1 atom stereocenters. The third-order valence-corrected chi connectivity index (χ3v) is 3.75. The number of nitriles is 1. The Hall–Kier alpha value is -1.49. The summed E-state index contributed by atoms with van der Waals surface area (Å²) < 4.78 is 5.81. The Morgan fingerprint density at radius 3 is 2.53 bits per heavy atom. The number of nitrogens with zero attached hydrogens (tertiary/aromatic N) is 1. The summed E-state index contributed by atoms with van der Waals surface area (Å²) in [7, 11) is 0. The summed E-state index contributed by atoms with van der Waals surface area (Å²) in [6, 6.07) is 4.39. The van der Waals surface area contributed by atoms with Gasteiger partial charge in [0.25, 0.3) is 0 Å². The lowest BCUT2D eigenvalue weighted by molar-refractivity contribution is 0.314. The molecule has 0 aliphatic heterocycles. The van der Waals surface area contributed by atoms with Gasteiger partial charge in [-0.15, -0.1) is 0 Å². The molecule has 0 N–H and O–H groups in total. The molecule has 0 heterocycles. The molecular formula is C17H25NO. The third kappa shape index (κ3) is 3.73. The molecule has 19 heavy (non-hydrogen) atoms. The van der Waals surface area contributed by atoms with Gasteiger partial charge in [-0.2, -0.15) is 5.26 Å². The second-order valence-electron chi connectivity index (χ2n) is 5.30. The summed E-state index contributed by atoms with van der Waals surface area (Å²) in [6.45, 7) is 11.5. The van der Waals surface area contributed by atoms with E-state index in [0.717, 1.165) is 25.2 Å². The number of hydrogen-bond acceptors (Lipinski definition) is 2. The van der Waals surface area contributed by atoms with Crippen molar-refractivity contribution in [1.82, 2.24) is 0 Å². The van der Waals surface area contributed by atoms with Crippen LogP contribution in [0.25, 0.3) is 0 Å². The predicted octanol–water partition coefficient (Wildman–Crippen LogP) is 4.81. The average Bonchev–Trinajstić information content (AvgIpc) is 2.39. The van der Waals surface area contributed by atoms with Crippen molar-refractivity contribution in [3.8, 4) is 11.8 Å². The highest BCUT2D eigenvalue weighted by Crippen LogP contribution is 2.34. The van der Waals surface area contributed by atoms with Crippen molar-refractivity contribution in [2.45, 2.75) is 59.8 Å². The maximum atomic E-state index is 8.73. The van der Waals surface area contributed by atoms with E-state index in [0.29, 0.717) is 12.3 Å². The number of ether oxygens (including phenoxy) is 1. The van der Waals surface area contributed by atoms with Crippen LogP contribution in [0.5, 0.6) is 5.75 Å². The number of hydrogen-bond donors (Lipinski definition) is 0. The van der Waals surface area contributed by atoms with Crippen LogP contribution in [-0.4, -0.2) is 6.61 Å². The SMILES string of the molecule is CCCOc1cc(C)c(C(C)CCC#N)c(C)c1C. The van der Waals surface area contributed by atoms with Crippen LogP contribution in [0.4, 0.5) is 0 Å². The van der Waals surface area contributed by atoms with E-state index >= 15 is 0 Å². The zero-order chi connectivity index (χ0) is 14.4. The first-order valence-electron chi connectivity index (χ1n) is 7.13. The molecule has 1 unspecified atom stereocenters. The standard InChI is InChI=1S/C17H25NO/c1-6-10-19-16-11-13(3)17(15(5)14(16)4)12(2)8-7-9-18/h11-12H,6-8,10H2,1-5H3. The smallest absolute Gasteiger partial charge is 0.122 e. The van der Waals surface area contributed by atoms with Crippen LogP contribution >= 0.6 is 0 Å². The molecule has 0 amide bonds. The normalized spacial score (nSPS) is 12.0. The molecule has 0 aliphatic carbocycles. The van der Waals surface area contributed by atoms with Crippen molar-refractivity contribution in [2.75, 3.05) is 6.61 Å². The highest BCUT2D eigenvalue weighted by Gasteiger charge is 2.16. The molecule has 2 nitrogen and oxygen atoms in total. The van der Waals surface area contributed by atoms with E-state index in [2.05, 4.69) is 46.8 Å². The summed E-state index contributed by atoms with van der Waals surface area (Å²) in [5.74, 6) is 1.44. The van der Waals surface area contributed by atoms with Gasteiger partial charge in [0.15, 0.2) is 0 Å². The monoisotopic (exact) mass is 259 g/mol. The van der Waals surface area contributed by atoms with Gasteiger partial charge in [-0.25, -0.2) is 0 Å². The zero-order valence-electron chi connectivity index (χ0n) is 12.8. The van der Waals surface area contributed by atoms with Crippen molar-refractivity contribution in [3.63, 3.8) is 0 Å². The first kappa shape index (κ1) is 15.6. The van der Waals surface area contributed by atoms with Gasteiger partial charge >= 0.3 is 0 Å². The van der Waals surface area contributed by atoms with Crippen LogP contribution in [0.2, 0.25) is 0 Å². The summed E-state index contributed by atoms with van der Waals surface area (Å²) in [4.78, 5) is 0. The molecular weight excluding hydrogens is 234 g/mol.